The molecule has 1 aliphatic heterocycles. The Kier molecular flexibility index (Phi) is 2.82. The Hall–Kier alpha value is -2.14. The lowest BCUT2D eigenvalue weighted by atomic mass is 10.1. The lowest BCUT2D eigenvalue weighted by molar-refractivity contribution is 1.02. The smallest absolute Gasteiger partial charge is 0.255 e. The molecule has 2 aromatic heterocycles. The lowest BCUT2D eigenvalue weighted by Gasteiger charge is -2.07. The number of rotatable bonds is 1. The van der Waals surface area contributed by atoms with Gasteiger partial charge in [0, 0.05) is 22.5 Å². The van der Waals surface area contributed by atoms with Gasteiger partial charge in [0.1, 0.15) is 5.69 Å². The molecule has 0 unspecified atom stereocenters. The van der Waals surface area contributed by atoms with Crippen LogP contribution in [0.15, 0.2) is 35.1 Å². The Morgan fingerprint density at radius 3 is 2.95 bits per heavy atom. The molecule has 3 heterocycles. The molecule has 0 fully saturated rings. The minimum absolute atomic E-state index is 0.0346. The molecule has 0 bridgehead atoms. The number of para-hydroxylation sites is 1. The average molecular weight is 295 g/mol. The van der Waals surface area contributed by atoms with Crippen molar-refractivity contribution in [3.63, 3.8) is 0 Å². The first-order valence-electron chi connectivity index (χ1n) is 6.79. The predicted octanol–water partition coefficient (Wildman–Crippen LogP) is 3.04. The van der Waals surface area contributed by atoms with E-state index >= 15 is 0 Å². The third-order valence-electron chi connectivity index (χ3n) is 3.75. The van der Waals surface area contributed by atoms with Gasteiger partial charge in [-0.05, 0) is 24.6 Å². The Morgan fingerprint density at radius 2 is 2.05 bits per heavy atom. The van der Waals surface area contributed by atoms with Crippen molar-refractivity contribution in [1.29, 1.82) is 0 Å². The number of aryl methyl sites for hydroxylation is 1. The fourth-order valence-corrected chi connectivity index (χ4v) is 3.69. The number of aromatic amines is 1. The fraction of sp³-hybridized carbons (Fsp3) is 0.188. The maximum absolute atomic E-state index is 12.1. The molecule has 1 aromatic carbocycles. The number of H-pyrrole nitrogens is 1. The van der Waals surface area contributed by atoms with Crippen LogP contribution in [0.2, 0.25) is 0 Å². The van der Waals surface area contributed by atoms with Crippen LogP contribution in [0.25, 0.3) is 22.4 Å². The van der Waals surface area contributed by atoms with Gasteiger partial charge in [0.05, 0.1) is 11.2 Å². The summed E-state index contributed by atoms with van der Waals surface area (Å²) in [7, 11) is 0. The number of hydrogen-bond acceptors (Lipinski definition) is 4. The van der Waals surface area contributed by atoms with Gasteiger partial charge in [0.2, 0.25) is 0 Å². The summed E-state index contributed by atoms with van der Waals surface area (Å²) in [6.07, 6.45) is 0. The summed E-state index contributed by atoms with van der Waals surface area (Å²) in [5.41, 5.74) is 4.45. The summed E-state index contributed by atoms with van der Waals surface area (Å²) < 4.78 is 0. The molecule has 0 atom stereocenters. The highest BCUT2D eigenvalue weighted by Crippen LogP contribution is 2.27. The number of nitrogens with zero attached hydrogens (tertiary/aromatic N) is 2. The summed E-state index contributed by atoms with van der Waals surface area (Å²) in [6, 6.07) is 9.98. The number of aromatic nitrogens is 3. The molecule has 1 aliphatic rings. The van der Waals surface area contributed by atoms with Crippen LogP contribution in [0, 0.1) is 6.92 Å². The van der Waals surface area contributed by atoms with Crippen molar-refractivity contribution in [2.24, 2.45) is 0 Å². The molecule has 21 heavy (non-hydrogen) atoms. The summed E-state index contributed by atoms with van der Waals surface area (Å²) >= 11 is 1.72. The van der Waals surface area contributed by atoms with Gasteiger partial charge in [-0.1, -0.05) is 18.2 Å². The minimum atomic E-state index is -0.0346. The van der Waals surface area contributed by atoms with Crippen molar-refractivity contribution in [2.75, 3.05) is 0 Å². The van der Waals surface area contributed by atoms with E-state index in [0.717, 1.165) is 44.9 Å². The molecule has 0 aliphatic carbocycles. The molecular weight excluding hydrogens is 282 g/mol. The van der Waals surface area contributed by atoms with Gasteiger partial charge >= 0.3 is 0 Å². The van der Waals surface area contributed by atoms with Gasteiger partial charge < -0.3 is 4.98 Å². The van der Waals surface area contributed by atoms with E-state index in [2.05, 4.69) is 27.9 Å². The van der Waals surface area contributed by atoms with Crippen LogP contribution in [-0.2, 0) is 11.5 Å². The lowest BCUT2D eigenvalue weighted by Crippen LogP contribution is -2.15. The standard InChI is InChI=1S/C16H13N3OS/c1-9-6-13(17-12-5-3-2-4-10(9)12)15-18-14-8-21-7-11(14)16(20)19-15/h2-6H,7-8H2,1H3,(H,18,19,20). The van der Waals surface area contributed by atoms with Crippen molar-refractivity contribution in [1.82, 2.24) is 15.0 Å². The molecule has 0 radical (unpaired) electrons. The summed E-state index contributed by atoms with van der Waals surface area (Å²) in [4.78, 5) is 24.2. The molecule has 5 heteroatoms. The number of thioether (sulfide) groups is 1. The summed E-state index contributed by atoms with van der Waals surface area (Å²) in [5, 5.41) is 1.13. The van der Waals surface area contributed by atoms with Crippen LogP contribution in [0.5, 0.6) is 0 Å². The van der Waals surface area contributed by atoms with Crippen LogP contribution in [0.3, 0.4) is 0 Å². The molecule has 1 N–H and O–H groups in total. The normalized spacial score (nSPS) is 13.6. The topological polar surface area (TPSA) is 58.6 Å². The van der Waals surface area contributed by atoms with Crippen LogP contribution in [0.4, 0.5) is 0 Å². The fourth-order valence-electron chi connectivity index (χ4n) is 2.65. The Morgan fingerprint density at radius 1 is 1.19 bits per heavy atom. The van der Waals surface area contributed by atoms with Crippen molar-refractivity contribution in [3.8, 4) is 11.5 Å². The second-order valence-corrected chi connectivity index (χ2v) is 6.16. The van der Waals surface area contributed by atoms with Gasteiger partial charge in [-0.3, -0.25) is 4.79 Å². The number of hydrogen-bond donors (Lipinski definition) is 1. The van der Waals surface area contributed by atoms with Gasteiger partial charge in [0.25, 0.3) is 5.56 Å². The van der Waals surface area contributed by atoms with Gasteiger partial charge in [-0.2, -0.15) is 11.8 Å². The molecular formula is C16H13N3OS. The largest absolute Gasteiger partial charge is 0.305 e. The maximum Gasteiger partial charge on any atom is 0.255 e. The van der Waals surface area contributed by atoms with Crippen LogP contribution >= 0.6 is 11.8 Å². The number of benzene rings is 1. The zero-order chi connectivity index (χ0) is 14.4. The Balaban J connectivity index is 1.95. The molecule has 0 spiro atoms. The zero-order valence-corrected chi connectivity index (χ0v) is 12.3. The molecule has 4 rings (SSSR count). The second kappa shape index (κ2) is 4.70. The minimum Gasteiger partial charge on any atom is -0.305 e. The van der Waals surface area contributed by atoms with Gasteiger partial charge in [-0.25, -0.2) is 9.97 Å². The van der Waals surface area contributed by atoms with E-state index in [1.165, 1.54) is 0 Å². The molecule has 0 saturated carbocycles. The van der Waals surface area contributed by atoms with Crippen molar-refractivity contribution < 1.29 is 0 Å². The monoisotopic (exact) mass is 295 g/mol. The van der Waals surface area contributed by atoms with Crippen LogP contribution in [0.1, 0.15) is 16.8 Å². The Labute approximate surface area is 125 Å². The highest BCUT2D eigenvalue weighted by Gasteiger charge is 2.18. The van der Waals surface area contributed by atoms with E-state index in [9.17, 15) is 4.79 Å². The number of pyridine rings is 1. The highest BCUT2D eigenvalue weighted by atomic mass is 32.2. The third kappa shape index (κ3) is 2.05. The van der Waals surface area contributed by atoms with Gasteiger partial charge in [0.15, 0.2) is 5.82 Å². The number of fused-ring (bicyclic) bond motifs is 2. The van der Waals surface area contributed by atoms with E-state index in [1.54, 1.807) is 11.8 Å². The van der Waals surface area contributed by atoms with Gasteiger partial charge in [-0.15, -0.1) is 0 Å². The second-order valence-electron chi connectivity index (χ2n) is 5.17. The van der Waals surface area contributed by atoms with E-state index in [4.69, 9.17) is 0 Å². The average Bonchev–Trinajstić information content (AvgIpc) is 2.96. The zero-order valence-electron chi connectivity index (χ0n) is 11.5. The van der Waals surface area contributed by atoms with E-state index in [0.29, 0.717) is 5.82 Å². The Bertz CT molecular complexity index is 917. The molecule has 3 aromatic rings. The first kappa shape index (κ1) is 12.6. The summed E-state index contributed by atoms with van der Waals surface area (Å²) in [6.45, 7) is 2.05. The number of nitrogens with one attached hydrogen (secondary N) is 1. The van der Waals surface area contributed by atoms with E-state index in [-0.39, 0.29) is 5.56 Å². The first-order chi connectivity index (χ1) is 10.2. The summed E-state index contributed by atoms with van der Waals surface area (Å²) in [5.74, 6) is 2.12. The van der Waals surface area contributed by atoms with E-state index in [1.807, 2.05) is 24.3 Å². The van der Waals surface area contributed by atoms with E-state index < -0.39 is 0 Å². The SMILES string of the molecule is Cc1cc(-c2nc3c(c(=O)[nH]2)CSC3)nc2ccccc12. The highest BCUT2D eigenvalue weighted by molar-refractivity contribution is 7.98. The molecule has 0 saturated heterocycles. The van der Waals surface area contributed by atoms with Crippen LogP contribution < -0.4 is 5.56 Å². The third-order valence-corrected chi connectivity index (χ3v) is 4.72. The first-order valence-corrected chi connectivity index (χ1v) is 7.94. The molecule has 104 valence electrons. The molecule has 4 nitrogen and oxygen atoms in total. The predicted molar refractivity (Wildman–Crippen MR) is 85.3 cm³/mol. The van der Waals surface area contributed by atoms with Crippen molar-refractivity contribution >= 4 is 22.7 Å². The quantitative estimate of drug-likeness (QED) is 0.749. The van der Waals surface area contributed by atoms with Crippen molar-refractivity contribution in [2.45, 2.75) is 18.4 Å². The van der Waals surface area contributed by atoms with Crippen molar-refractivity contribution in [3.05, 3.63) is 57.5 Å². The molecule has 0 amide bonds. The maximum atomic E-state index is 12.1. The van der Waals surface area contributed by atoms with Crippen LogP contribution in [-0.4, -0.2) is 15.0 Å².